The summed E-state index contributed by atoms with van der Waals surface area (Å²) in [6, 6.07) is 0. The van der Waals surface area contributed by atoms with E-state index >= 15 is 0 Å². The summed E-state index contributed by atoms with van der Waals surface area (Å²) >= 11 is 0. The van der Waals surface area contributed by atoms with E-state index in [1.54, 1.807) is 19.0 Å². The molecule has 0 aliphatic carbocycles. The molecule has 0 aromatic carbocycles. The number of hydrogen-bond donors (Lipinski definition) is 3. The molecule has 136 valence electrons. The lowest BCUT2D eigenvalue weighted by molar-refractivity contribution is -0.150. The number of hydrogen-bond acceptors (Lipinski definition) is 10. The fraction of sp³-hybridized carbons (Fsp3) is 0.571. The van der Waals surface area contributed by atoms with Gasteiger partial charge in [0.25, 0.3) is 0 Å². The van der Waals surface area contributed by atoms with Crippen molar-refractivity contribution in [2.75, 3.05) is 33.0 Å². The topological polar surface area (TPSA) is 149 Å². The Morgan fingerprint density at radius 3 is 2.84 bits per heavy atom. The molecule has 25 heavy (non-hydrogen) atoms. The Labute approximate surface area is 143 Å². The van der Waals surface area contributed by atoms with Crippen molar-refractivity contribution in [3.63, 3.8) is 0 Å². The van der Waals surface area contributed by atoms with E-state index < -0.39 is 30.5 Å². The monoisotopic (exact) mass is 352 g/mol. The number of esters is 1. The second-order valence-corrected chi connectivity index (χ2v) is 6.05. The number of anilines is 1. The largest absolute Gasteiger partial charge is 0.462 e. The summed E-state index contributed by atoms with van der Waals surface area (Å²) in [7, 11) is 3.47. The van der Waals surface area contributed by atoms with E-state index in [0.717, 1.165) is 0 Å². The first kappa shape index (κ1) is 17.5. The van der Waals surface area contributed by atoms with Gasteiger partial charge in [0.05, 0.1) is 12.9 Å². The third-order valence-corrected chi connectivity index (χ3v) is 3.85. The fourth-order valence-electron chi connectivity index (χ4n) is 2.63. The number of carbonyl (C=O) groups is 1. The molecule has 1 fully saturated rings. The number of nitrogen functional groups attached to an aromatic ring is 1. The lowest BCUT2D eigenvalue weighted by atomic mass is 10.1. The Morgan fingerprint density at radius 1 is 1.36 bits per heavy atom. The first-order valence-electron chi connectivity index (χ1n) is 7.63. The van der Waals surface area contributed by atoms with Crippen molar-refractivity contribution in [1.82, 2.24) is 24.4 Å². The third kappa shape index (κ3) is 3.39. The third-order valence-electron chi connectivity index (χ3n) is 3.85. The average Bonchev–Trinajstić information content (AvgIpc) is 3.09. The maximum atomic E-state index is 11.6. The van der Waals surface area contributed by atoms with Crippen molar-refractivity contribution in [1.29, 1.82) is 0 Å². The van der Waals surface area contributed by atoms with Crippen molar-refractivity contribution >= 4 is 23.0 Å². The van der Waals surface area contributed by atoms with Crippen molar-refractivity contribution in [3.8, 4) is 0 Å². The van der Waals surface area contributed by atoms with Crippen LogP contribution in [0, 0.1) is 0 Å². The predicted molar refractivity (Wildman–Crippen MR) is 85.2 cm³/mol. The molecule has 0 amide bonds. The number of nitrogens with two attached hydrogens (primary N) is 1. The van der Waals surface area contributed by atoms with E-state index in [1.807, 2.05) is 0 Å². The van der Waals surface area contributed by atoms with Gasteiger partial charge in [-0.25, -0.2) is 15.0 Å². The Morgan fingerprint density at radius 2 is 2.12 bits per heavy atom. The molecule has 3 rings (SSSR count). The predicted octanol–water partition coefficient (Wildman–Crippen LogP) is -1.87. The number of imidazole rings is 1. The summed E-state index contributed by atoms with van der Waals surface area (Å²) in [5, 5.41) is 20.5. The van der Waals surface area contributed by atoms with Gasteiger partial charge >= 0.3 is 5.97 Å². The molecule has 1 aliphatic rings. The van der Waals surface area contributed by atoms with E-state index in [9.17, 15) is 15.0 Å². The van der Waals surface area contributed by atoms with Crippen LogP contribution in [0.5, 0.6) is 0 Å². The molecule has 11 heteroatoms. The second kappa shape index (κ2) is 6.88. The number of carbonyl (C=O) groups excluding carboxylic acids is 1. The van der Waals surface area contributed by atoms with Crippen molar-refractivity contribution < 1.29 is 24.5 Å². The van der Waals surface area contributed by atoms with Gasteiger partial charge in [0.15, 0.2) is 17.7 Å². The zero-order valence-corrected chi connectivity index (χ0v) is 13.8. The van der Waals surface area contributed by atoms with Crippen molar-refractivity contribution in [2.24, 2.45) is 0 Å². The molecule has 0 unspecified atom stereocenters. The van der Waals surface area contributed by atoms with Crippen LogP contribution in [-0.4, -0.2) is 86.2 Å². The summed E-state index contributed by atoms with van der Waals surface area (Å²) < 4.78 is 12.2. The van der Waals surface area contributed by atoms with Gasteiger partial charge < -0.3 is 25.4 Å². The number of rotatable bonds is 5. The van der Waals surface area contributed by atoms with Gasteiger partial charge in [0.2, 0.25) is 0 Å². The van der Waals surface area contributed by atoms with Crippen LogP contribution < -0.4 is 5.73 Å². The zero-order valence-electron chi connectivity index (χ0n) is 13.8. The lowest BCUT2D eigenvalue weighted by Gasteiger charge is -2.16. The van der Waals surface area contributed by atoms with Crippen LogP contribution in [0.4, 0.5) is 5.82 Å². The fourth-order valence-corrected chi connectivity index (χ4v) is 2.63. The highest BCUT2D eigenvalue weighted by molar-refractivity contribution is 5.81. The van der Waals surface area contributed by atoms with Gasteiger partial charge in [-0.15, -0.1) is 0 Å². The molecule has 11 nitrogen and oxygen atoms in total. The number of aliphatic hydroxyl groups is 2. The molecule has 0 spiro atoms. The molecule has 3 heterocycles. The normalized spacial score (nSPS) is 26.4. The maximum absolute atomic E-state index is 11.6. The smallest absolute Gasteiger partial charge is 0.320 e. The van der Waals surface area contributed by atoms with Gasteiger partial charge in [-0.2, -0.15) is 0 Å². The highest BCUT2D eigenvalue weighted by Gasteiger charge is 2.44. The summed E-state index contributed by atoms with van der Waals surface area (Å²) in [5.74, 6) is -0.252. The van der Waals surface area contributed by atoms with Gasteiger partial charge in [0.1, 0.15) is 36.8 Å². The van der Waals surface area contributed by atoms with E-state index in [2.05, 4.69) is 15.0 Å². The van der Waals surface area contributed by atoms with E-state index in [0.29, 0.717) is 11.2 Å². The van der Waals surface area contributed by atoms with Gasteiger partial charge in [-0.3, -0.25) is 14.3 Å². The van der Waals surface area contributed by atoms with E-state index in [4.69, 9.17) is 15.2 Å². The van der Waals surface area contributed by atoms with Crippen LogP contribution in [0.25, 0.3) is 11.2 Å². The summed E-state index contributed by atoms with van der Waals surface area (Å²) in [4.78, 5) is 25.3. The summed E-state index contributed by atoms with van der Waals surface area (Å²) in [6.07, 6.45) is -1.61. The number of aliphatic hydroxyl groups excluding tert-OH is 2. The van der Waals surface area contributed by atoms with Crippen LogP contribution in [0.3, 0.4) is 0 Å². The first-order valence-corrected chi connectivity index (χ1v) is 7.63. The number of fused-ring (bicyclic) bond motifs is 1. The maximum Gasteiger partial charge on any atom is 0.320 e. The molecule has 0 bridgehead atoms. The minimum atomic E-state index is -1.24. The minimum absolute atomic E-state index is 0.108. The van der Waals surface area contributed by atoms with Crippen molar-refractivity contribution in [3.05, 3.63) is 12.7 Å². The molecule has 1 aliphatic heterocycles. The molecule has 1 saturated heterocycles. The standard InChI is InChI=1S/C14H20N6O5/c1-19(2)3-8(21)24-4-7-10(22)11(23)14(25-7)20-6-18-9-12(15)16-5-17-13(9)20/h5-7,10-11,14,22-23H,3-4H2,1-2H3,(H2,15,16,17)/t7-,10-,11+,14-/m1/s1. The molecule has 4 N–H and O–H groups in total. The minimum Gasteiger partial charge on any atom is -0.462 e. The Balaban J connectivity index is 1.73. The second-order valence-electron chi connectivity index (χ2n) is 6.05. The molecule has 2 aromatic heterocycles. The Hall–Kier alpha value is -2.34. The van der Waals surface area contributed by atoms with Crippen LogP contribution in [-0.2, 0) is 14.3 Å². The van der Waals surface area contributed by atoms with Gasteiger partial charge in [-0.05, 0) is 14.1 Å². The van der Waals surface area contributed by atoms with Crippen LogP contribution in [0.15, 0.2) is 12.7 Å². The molecule has 4 atom stereocenters. The van der Waals surface area contributed by atoms with E-state index in [-0.39, 0.29) is 19.0 Å². The van der Waals surface area contributed by atoms with Crippen molar-refractivity contribution in [2.45, 2.75) is 24.5 Å². The van der Waals surface area contributed by atoms with Crippen LogP contribution in [0.2, 0.25) is 0 Å². The molecular formula is C14H20N6O5. The Bertz CT molecular complexity index is 765. The molecule has 0 saturated carbocycles. The average molecular weight is 352 g/mol. The van der Waals surface area contributed by atoms with Crippen LogP contribution >= 0.6 is 0 Å². The molecular weight excluding hydrogens is 332 g/mol. The number of nitrogens with zero attached hydrogens (tertiary/aromatic N) is 5. The first-order chi connectivity index (χ1) is 11.9. The number of ether oxygens (including phenoxy) is 2. The highest BCUT2D eigenvalue weighted by Crippen LogP contribution is 2.32. The van der Waals surface area contributed by atoms with Gasteiger partial charge in [0, 0.05) is 0 Å². The number of aromatic nitrogens is 4. The van der Waals surface area contributed by atoms with Crippen LogP contribution in [0.1, 0.15) is 6.23 Å². The quantitative estimate of drug-likeness (QED) is 0.522. The summed E-state index contributed by atoms with van der Waals surface area (Å²) in [6.45, 7) is -0.0672. The molecule has 0 radical (unpaired) electrons. The SMILES string of the molecule is CN(C)CC(=O)OC[C@H]1O[C@@H](n2cnc3c(N)ncnc32)[C@@H](O)[C@@H]1O. The lowest BCUT2D eigenvalue weighted by Crippen LogP contribution is -2.35. The highest BCUT2D eigenvalue weighted by atomic mass is 16.6. The van der Waals surface area contributed by atoms with Gasteiger partial charge in [-0.1, -0.05) is 0 Å². The number of likely N-dealkylation sites (N-methyl/N-ethyl adjacent to an activating group) is 1. The molecule has 2 aromatic rings. The summed E-state index contributed by atoms with van der Waals surface area (Å²) in [5.41, 5.74) is 6.48. The van der Waals surface area contributed by atoms with E-state index in [1.165, 1.54) is 17.2 Å². The Kier molecular flexibility index (Phi) is 4.81. The zero-order chi connectivity index (χ0) is 18.1.